The highest BCUT2D eigenvalue weighted by Crippen LogP contribution is 2.28. The molecule has 1 fully saturated rings. The van der Waals surface area contributed by atoms with Gasteiger partial charge in [-0.2, -0.15) is 0 Å². The maximum absolute atomic E-state index is 12.3. The molecular weight excluding hydrogens is 406 g/mol. The van der Waals surface area contributed by atoms with Crippen LogP contribution in [0.25, 0.3) is 0 Å². The molecule has 11 nitrogen and oxygen atoms in total. The average molecular weight is 428 g/mol. The maximum atomic E-state index is 12.3. The number of thioether (sulfide) groups is 1. The number of hydrogen-bond acceptors (Lipinski definition) is 9. The summed E-state index contributed by atoms with van der Waals surface area (Å²) in [6.07, 6.45) is 0.992. The second kappa shape index (κ2) is 10.7. The third kappa shape index (κ3) is 5.99. The van der Waals surface area contributed by atoms with Crippen LogP contribution in [-0.4, -0.2) is 67.6 Å². The smallest absolute Gasteiger partial charge is 0.290 e. The number of hydrogen-bond donors (Lipinski definition) is 3. The molecule has 13 heteroatoms. The number of anilines is 1. The molecule has 0 bridgehead atoms. The van der Waals surface area contributed by atoms with Gasteiger partial charge in [-0.3, -0.25) is 24.4 Å². The molecule has 3 rings (SSSR count). The van der Waals surface area contributed by atoms with Gasteiger partial charge in [0.25, 0.3) is 6.47 Å². The van der Waals surface area contributed by atoms with Crippen molar-refractivity contribution in [1.29, 1.82) is 0 Å². The Morgan fingerprint density at radius 3 is 2.86 bits per heavy atom. The van der Waals surface area contributed by atoms with Crippen LogP contribution in [0, 0.1) is 12.8 Å². The van der Waals surface area contributed by atoms with Crippen LogP contribution in [0.5, 0.6) is 0 Å². The highest BCUT2D eigenvalue weighted by atomic mass is 32.2. The molecule has 2 aromatic heterocycles. The first-order chi connectivity index (χ1) is 13.5. The zero-order chi connectivity index (χ0) is 20.5. The first kappa shape index (κ1) is 21.8. The minimum Gasteiger partial charge on any atom is -0.483 e. The van der Waals surface area contributed by atoms with Crippen LogP contribution in [0.4, 0.5) is 5.13 Å². The third-order valence-electron chi connectivity index (χ3n) is 3.69. The van der Waals surface area contributed by atoms with Crippen molar-refractivity contribution in [3.05, 3.63) is 10.8 Å². The third-order valence-corrected chi connectivity index (χ3v) is 5.63. The number of carbonyl (C=O) groups excluding carboxylic acids is 2. The van der Waals surface area contributed by atoms with E-state index in [0.717, 1.165) is 17.3 Å². The van der Waals surface area contributed by atoms with E-state index in [1.54, 1.807) is 4.90 Å². The Labute approximate surface area is 169 Å². The van der Waals surface area contributed by atoms with Crippen molar-refractivity contribution in [2.75, 3.05) is 23.7 Å². The number of aromatic amines is 1. The largest absolute Gasteiger partial charge is 0.483 e. The monoisotopic (exact) mass is 427 g/mol. The summed E-state index contributed by atoms with van der Waals surface area (Å²) in [5, 5.41) is 26.8. The zero-order valence-electron chi connectivity index (χ0n) is 15.4. The summed E-state index contributed by atoms with van der Waals surface area (Å²) in [7, 11) is 0. The van der Waals surface area contributed by atoms with E-state index in [1.165, 1.54) is 23.1 Å². The van der Waals surface area contributed by atoms with Gasteiger partial charge in [0, 0.05) is 25.3 Å². The summed E-state index contributed by atoms with van der Waals surface area (Å²) < 4.78 is 0. The van der Waals surface area contributed by atoms with Crippen LogP contribution in [0.2, 0.25) is 0 Å². The summed E-state index contributed by atoms with van der Waals surface area (Å²) in [5.74, 6) is 0.896. The van der Waals surface area contributed by atoms with Gasteiger partial charge < -0.3 is 10.4 Å². The Hall–Kier alpha value is -2.54. The molecule has 0 aliphatic carbocycles. The summed E-state index contributed by atoms with van der Waals surface area (Å²) >= 11 is 2.87. The molecule has 1 atom stereocenters. The standard InChI is InChI=1S/C14H19N7O2S2.CH2O2/c1-3-10-18-20-14(25-10)21-7-9(6-11(21)22)12(23)15-4-5-24-13-16-8(2)17-19-13;2-1-3/h9H,3-7H2,1-2H3,(H,15,23)(H,16,17,19);1H,(H,2,3). The Morgan fingerprint density at radius 1 is 1.50 bits per heavy atom. The quantitative estimate of drug-likeness (QED) is 0.325. The lowest BCUT2D eigenvalue weighted by molar-refractivity contribution is -0.126. The molecule has 0 saturated carbocycles. The minimum absolute atomic E-state index is 0.0791. The van der Waals surface area contributed by atoms with E-state index in [-0.39, 0.29) is 30.6 Å². The molecular formula is C15H21N7O4S2. The fourth-order valence-corrected chi connectivity index (χ4v) is 3.92. The molecule has 0 radical (unpaired) electrons. The van der Waals surface area contributed by atoms with E-state index in [0.29, 0.717) is 29.1 Å². The topological polar surface area (TPSA) is 154 Å². The lowest BCUT2D eigenvalue weighted by atomic mass is 10.1. The molecule has 0 aromatic carbocycles. The van der Waals surface area contributed by atoms with E-state index in [2.05, 4.69) is 30.7 Å². The van der Waals surface area contributed by atoms with E-state index in [9.17, 15) is 9.59 Å². The number of nitrogens with zero attached hydrogens (tertiary/aromatic N) is 5. The summed E-state index contributed by atoms with van der Waals surface area (Å²) in [6, 6.07) is 0. The van der Waals surface area contributed by atoms with Crippen LogP contribution in [-0.2, 0) is 20.8 Å². The van der Waals surface area contributed by atoms with Gasteiger partial charge in [-0.05, 0) is 13.3 Å². The Bertz CT molecular complexity index is 810. The van der Waals surface area contributed by atoms with Crippen molar-refractivity contribution in [2.24, 2.45) is 5.92 Å². The first-order valence-corrected chi connectivity index (χ1v) is 10.3. The fraction of sp³-hybridized carbons (Fsp3) is 0.533. The molecule has 1 aliphatic heterocycles. The number of aromatic nitrogens is 5. The molecule has 1 aliphatic rings. The highest BCUT2D eigenvalue weighted by molar-refractivity contribution is 7.99. The van der Waals surface area contributed by atoms with Crippen molar-refractivity contribution in [2.45, 2.75) is 31.8 Å². The maximum Gasteiger partial charge on any atom is 0.290 e. The lowest BCUT2D eigenvalue weighted by Gasteiger charge is -2.12. The highest BCUT2D eigenvalue weighted by Gasteiger charge is 2.36. The predicted molar refractivity (Wildman–Crippen MR) is 103 cm³/mol. The van der Waals surface area contributed by atoms with Crippen LogP contribution < -0.4 is 10.2 Å². The zero-order valence-corrected chi connectivity index (χ0v) is 17.0. The van der Waals surface area contributed by atoms with Crippen LogP contribution in [0.15, 0.2) is 5.16 Å². The molecule has 0 spiro atoms. The van der Waals surface area contributed by atoms with Gasteiger partial charge >= 0.3 is 0 Å². The van der Waals surface area contributed by atoms with Crippen molar-refractivity contribution < 1.29 is 19.5 Å². The predicted octanol–water partition coefficient (Wildman–Crippen LogP) is 0.489. The molecule has 3 heterocycles. The molecule has 2 amide bonds. The summed E-state index contributed by atoms with van der Waals surface area (Å²) in [5.41, 5.74) is 0. The number of aryl methyl sites for hydroxylation is 2. The van der Waals surface area contributed by atoms with Crippen molar-refractivity contribution in [3.63, 3.8) is 0 Å². The second-order valence-electron chi connectivity index (χ2n) is 5.69. The molecule has 1 unspecified atom stereocenters. The van der Waals surface area contributed by atoms with E-state index < -0.39 is 0 Å². The Balaban J connectivity index is 0.000000878. The number of amides is 2. The van der Waals surface area contributed by atoms with Gasteiger partial charge in [0.15, 0.2) is 0 Å². The van der Waals surface area contributed by atoms with Gasteiger partial charge in [0.2, 0.25) is 22.1 Å². The second-order valence-corrected chi connectivity index (χ2v) is 7.79. The molecule has 28 heavy (non-hydrogen) atoms. The number of nitrogens with one attached hydrogen (secondary N) is 2. The van der Waals surface area contributed by atoms with Gasteiger partial charge in [-0.1, -0.05) is 30.0 Å². The SMILES string of the molecule is CCc1nnc(N2CC(C(=O)NCCSc3n[nH]c(C)n3)CC2=O)s1.O=CO. The summed E-state index contributed by atoms with van der Waals surface area (Å²) in [6.45, 7) is 4.43. The number of carboxylic acid groups (broad SMARTS) is 1. The van der Waals surface area contributed by atoms with Crippen LogP contribution >= 0.6 is 23.1 Å². The first-order valence-electron chi connectivity index (χ1n) is 8.48. The lowest BCUT2D eigenvalue weighted by Crippen LogP contribution is -2.34. The van der Waals surface area contributed by atoms with Crippen LogP contribution in [0.3, 0.4) is 0 Å². The van der Waals surface area contributed by atoms with E-state index in [1.807, 2.05) is 13.8 Å². The number of carbonyl (C=O) groups is 3. The minimum atomic E-state index is -0.350. The molecule has 3 N–H and O–H groups in total. The van der Waals surface area contributed by atoms with Gasteiger partial charge in [0.05, 0.1) is 5.92 Å². The van der Waals surface area contributed by atoms with Crippen molar-refractivity contribution >= 4 is 46.5 Å². The van der Waals surface area contributed by atoms with E-state index >= 15 is 0 Å². The number of H-pyrrole nitrogens is 1. The fourth-order valence-electron chi connectivity index (χ4n) is 2.41. The Kier molecular flexibility index (Phi) is 8.32. The van der Waals surface area contributed by atoms with Gasteiger partial charge in [-0.25, -0.2) is 4.98 Å². The molecule has 2 aromatic rings. The van der Waals surface area contributed by atoms with Crippen LogP contribution in [0.1, 0.15) is 24.2 Å². The average Bonchev–Trinajstić information content (AvgIpc) is 3.39. The van der Waals surface area contributed by atoms with Crippen molar-refractivity contribution in [3.8, 4) is 0 Å². The normalized spacial score (nSPS) is 15.9. The van der Waals surface area contributed by atoms with Crippen molar-refractivity contribution in [1.82, 2.24) is 30.7 Å². The molecule has 152 valence electrons. The summed E-state index contributed by atoms with van der Waals surface area (Å²) in [4.78, 5) is 38.6. The van der Waals surface area contributed by atoms with Gasteiger partial charge in [-0.15, -0.1) is 15.3 Å². The molecule has 1 saturated heterocycles. The van der Waals surface area contributed by atoms with E-state index in [4.69, 9.17) is 9.90 Å². The number of rotatable bonds is 7. The van der Waals surface area contributed by atoms with Gasteiger partial charge in [0.1, 0.15) is 10.8 Å². The Morgan fingerprint density at radius 2 is 2.25 bits per heavy atom.